The summed E-state index contributed by atoms with van der Waals surface area (Å²) < 4.78 is 15.8. The molecule has 0 saturated carbocycles. The lowest BCUT2D eigenvalue weighted by Crippen LogP contribution is -2.10. The quantitative estimate of drug-likeness (QED) is 0.385. The van der Waals surface area contributed by atoms with Crippen molar-refractivity contribution >= 4 is 11.7 Å². The lowest BCUT2D eigenvalue weighted by Gasteiger charge is -2.11. The van der Waals surface area contributed by atoms with E-state index in [0.29, 0.717) is 11.3 Å². The molecule has 0 aliphatic carbocycles. The molecule has 0 aliphatic heterocycles. The Morgan fingerprint density at radius 2 is 1.93 bits per heavy atom. The summed E-state index contributed by atoms with van der Waals surface area (Å²) in [7, 11) is 1.43. The summed E-state index contributed by atoms with van der Waals surface area (Å²) in [5.41, 5.74) is 0.346. The molecular weight excluding hydrogens is 370 g/mol. The number of phenols is 1. The standard InChI is InChI=1S/C18H15N3O7/c1-10(27-18(23)14-9-13(26-2)7-8-15(14)22)16-19-20-17(28-16)11-3-5-12(6-4-11)21(24)25/h3-10,22H,1-2H3/t10-/m0/s1. The first kappa shape index (κ1) is 18.8. The van der Waals surface area contributed by atoms with Gasteiger partial charge in [0.1, 0.15) is 17.1 Å². The number of carbonyl (C=O) groups excluding carboxylic acids is 1. The molecule has 3 rings (SSSR count). The Morgan fingerprint density at radius 1 is 1.21 bits per heavy atom. The van der Waals surface area contributed by atoms with Gasteiger partial charge in [0.05, 0.1) is 12.0 Å². The number of carbonyl (C=O) groups is 1. The van der Waals surface area contributed by atoms with Crippen LogP contribution in [0.15, 0.2) is 46.9 Å². The van der Waals surface area contributed by atoms with Crippen molar-refractivity contribution in [1.82, 2.24) is 10.2 Å². The van der Waals surface area contributed by atoms with E-state index in [2.05, 4.69) is 10.2 Å². The fourth-order valence-corrected chi connectivity index (χ4v) is 2.32. The number of ether oxygens (including phenoxy) is 2. The first-order chi connectivity index (χ1) is 13.4. The predicted octanol–water partition coefficient (Wildman–Crippen LogP) is 3.28. The van der Waals surface area contributed by atoms with Crippen molar-refractivity contribution in [3.8, 4) is 23.0 Å². The maximum atomic E-state index is 12.3. The van der Waals surface area contributed by atoms with Crippen LogP contribution < -0.4 is 4.74 Å². The molecule has 1 atom stereocenters. The number of hydrogen-bond acceptors (Lipinski definition) is 9. The minimum Gasteiger partial charge on any atom is -0.507 e. The van der Waals surface area contributed by atoms with Crippen molar-refractivity contribution in [3.63, 3.8) is 0 Å². The van der Waals surface area contributed by atoms with Gasteiger partial charge in [-0.3, -0.25) is 10.1 Å². The van der Waals surface area contributed by atoms with Gasteiger partial charge in [-0.05, 0) is 37.3 Å². The van der Waals surface area contributed by atoms with Crippen molar-refractivity contribution in [1.29, 1.82) is 0 Å². The highest BCUT2D eigenvalue weighted by Gasteiger charge is 2.22. The molecule has 0 radical (unpaired) electrons. The van der Waals surface area contributed by atoms with E-state index in [-0.39, 0.29) is 28.8 Å². The summed E-state index contributed by atoms with van der Waals surface area (Å²) in [6.45, 7) is 1.53. The zero-order valence-electron chi connectivity index (χ0n) is 14.9. The average Bonchev–Trinajstić information content (AvgIpc) is 3.18. The second-order valence-corrected chi connectivity index (χ2v) is 5.68. The molecule has 0 unspecified atom stereocenters. The van der Waals surface area contributed by atoms with E-state index in [9.17, 15) is 20.0 Å². The number of non-ortho nitro benzene ring substituents is 1. The van der Waals surface area contributed by atoms with Crippen LogP contribution in [-0.4, -0.2) is 33.3 Å². The number of nitrogens with zero attached hydrogens (tertiary/aromatic N) is 3. The van der Waals surface area contributed by atoms with E-state index < -0.39 is 17.0 Å². The number of esters is 1. The fourth-order valence-electron chi connectivity index (χ4n) is 2.32. The second-order valence-electron chi connectivity index (χ2n) is 5.68. The maximum Gasteiger partial charge on any atom is 0.342 e. The highest BCUT2D eigenvalue weighted by atomic mass is 16.6. The summed E-state index contributed by atoms with van der Waals surface area (Å²) in [5, 5.41) is 28.2. The monoisotopic (exact) mass is 385 g/mol. The summed E-state index contributed by atoms with van der Waals surface area (Å²) in [6, 6.07) is 9.74. The van der Waals surface area contributed by atoms with Crippen LogP contribution in [0.4, 0.5) is 5.69 Å². The Morgan fingerprint density at radius 3 is 2.57 bits per heavy atom. The number of phenolic OH excluding ortho intramolecular Hbond substituents is 1. The van der Waals surface area contributed by atoms with Crippen molar-refractivity contribution in [2.24, 2.45) is 0 Å². The van der Waals surface area contributed by atoms with Gasteiger partial charge in [-0.2, -0.15) is 0 Å². The van der Waals surface area contributed by atoms with Crippen LogP contribution in [0.1, 0.15) is 29.3 Å². The minimum absolute atomic E-state index is 0.0316. The Labute approximate surface area is 158 Å². The number of hydrogen-bond donors (Lipinski definition) is 1. The van der Waals surface area contributed by atoms with Crippen LogP contribution >= 0.6 is 0 Å². The van der Waals surface area contributed by atoms with Crippen LogP contribution in [0.3, 0.4) is 0 Å². The van der Waals surface area contributed by atoms with E-state index in [4.69, 9.17) is 13.9 Å². The fraction of sp³-hybridized carbons (Fsp3) is 0.167. The number of rotatable bonds is 6. The summed E-state index contributed by atoms with van der Waals surface area (Å²) >= 11 is 0. The van der Waals surface area contributed by atoms with Gasteiger partial charge in [-0.1, -0.05) is 0 Å². The SMILES string of the molecule is COc1ccc(O)c(C(=O)O[C@@H](C)c2nnc(-c3ccc([N+](=O)[O-])cc3)o2)c1. The lowest BCUT2D eigenvalue weighted by molar-refractivity contribution is -0.384. The molecule has 144 valence electrons. The van der Waals surface area contributed by atoms with E-state index in [1.165, 1.54) is 56.5 Å². The van der Waals surface area contributed by atoms with Gasteiger partial charge in [-0.25, -0.2) is 4.79 Å². The van der Waals surface area contributed by atoms with E-state index in [0.717, 1.165) is 0 Å². The third kappa shape index (κ3) is 3.90. The minimum atomic E-state index is -0.891. The number of aromatic hydroxyl groups is 1. The largest absolute Gasteiger partial charge is 0.507 e. The Bertz CT molecular complexity index is 1010. The van der Waals surface area contributed by atoms with E-state index in [1.807, 2.05) is 0 Å². The lowest BCUT2D eigenvalue weighted by atomic mass is 10.2. The first-order valence-electron chi connectivity index (χ1n) is 8.05. The molecule has 1 N–H and O–H groups in total. The number of methoxy groups -OCH3 is 1. The van der Waals surface area contributed by atoms with Gasteiger partial charge >= 0.3 is 5.97 Å². The summed E-state index contributed by atoms with van der Waals surface area (Å²) in [5.74, 6) is -0.508. The number of aromatic nitrogens is 2. The first-order valence-corrected chi connectivity index (χ1v) is 8.05. The molecule has 0 spiro atoms. The topological polar surface area (TPSA) is 138 Å². The van der Waals surface area contributed by atoms with Crippen LogP contribution in [0.5, 0.6) is 11.5 Å². The molecule has 1 aromatic heterocycles. The van der Waals surface area contributed by atoms with Gasteiger partial charge in [-0.15, -0.1) is 10.2 Å². The molecule has 1 heterocycles. The third-order valence-electron chi connectivity index (χ3n) is 3.82. The molecule has 10 nitrogen and oxygen atoms in total. The zero-order chi connectivity index (χ0) is 20.3. The normalized spacial score (nSPS) is 11.6. The van der Waals surface area contributed by atoms with Crippen molar-refractivity contribution in [2.45, 2.75) is 13.0 Å². The molecule has 0 amide bonds. The highest BCUT2D eigenvalue weighted by Crippen LogP contribution is 2.27. The van der Waals surface area contributed by atoms with Crippen LogP contribution in [0, 0.1) is 10.1 Å². The number of benzene rings is 2. The highest BCUT2D eigenvalue weighted by molar-refractivity contribution is 5.93. The molecule has 0 aliphatic rings. The number of nitro benzene ring substituents is 1. The zero-order valence-corrected chi connectivity index (χ0v) is 14.9. The average molecular weight is 385 g/mol. The van der Waals surface area contributed by atoms with Crippen molar-refractivity contribution < 1.29 is 28.7 Å². The van der Waals surface area contributed by atoms with Crippen LogP contribution in [0.25, 0.3) is 11.5 Å². The molecule has 0 saturated heterocycles. The Kier molecular flexibility index (Phi) is 5.21. The number of nitro groups is 1. The van der Waals surface area contributed by atoms with Gasteiger partial charge in [0.25, 0.3) is 11.6 Å². The second kappa shape index (κ2) is 7.74. The molecule has 10 heteroatoms. The van der Waals surface area contributed by atoms with Gasteiger partial charge < -0.3 is 19.0 Å². The van der Waals surface area contributed by atoms with Gasteiger partial charge in [0, 0.05) is 17.7 Å². The Balaban J connectivity index is 1.74. The molecule has 3 aromatic rings. The van der Waals surface area contributed by atoms with Gasteiger partial charge in [0.2, 0.25) is 5.89 Å². The Hall–Kier alpha value is -3.95. The molecule has 0 fully saturated rings. The summed E-state index contributed by atoms with van der Waals surface area (Å²) in [4.78, 5) is 22.5. The van der Waals surface area contributed by atoms with E-state index in [1.54, 1.807) is 0 Å². The van der Waals surface area contributed by atoms with Crippen molar-refractivity contribution in [2.75, 3.05) is 7.11 Å². The van der Waals surface area contributed by atoms with Crippen LogP contribution in [0.2, 0.25) is 0 Å². The smallest absolute Gasteiger partial charge is 0.342 e. The molecule has 2 aromatic carbocycles. The predicted molar refractivity (Wildman–Crippen MR) is 94.9 cm³/mol. The van der Waals surface area contributed by atoms with Crippen molar-refractivity contribution in [3.05, 3.63) is 64.0 Å². The molecule has 28 heavy (non-hydrogen) atoms. The molecular formula is C18H15N3O7. The maximum absolute atomic E-state index is 12.3. The third-order valence-corrected chi connectivity index (χ3v) is 3.82. The van der Waals surface area contributed by atoms with E-state index >= 15 is 0 Å². The molecule has 0 bridgehead atoms. The van der Waals surface area contributed by atoms with Gasteiger partial charge in [0.15, 0.2) is 6.10 Å². The van der Waals surface area contributed by atoms with Crippen LogP contribution in [-0.2, 0) is 4.74 Å². The summed E-state index contributed by atoms with van der Waals surface area (Å²) in [6.07, 6.45) is -0.891.